The van der Waals surface area contributed by atoms with Crippen molar-refractivity contribution in [1.29, 1.82) is 0 Å². The maximum absolute atomic E-state index is 11.6. The Labute approximate surface area is 124 Å². The molecular formula is C14H9Cl2NO3. The fraction of sp³-hybridized carbons (Fsp3) is 0. The average Bonchev–Trinajstić information content (AvgIpc) is 2.37. The highest BCUT2D eigenvalue weighted by atomic mass is 35.5. The van der Waals surface area contributed by atoms with E-state index in [2.05, 4.69) is 0 Å². The van der Waals surface area contributed by atoms with Crippen molar-refractivity contribution >= 4 is 35.1 Å². The summed E-state index contributed by atoms with van der Waals surface area (Å²) in [5.74, 6) is -2.10. The zero-order valence-electron chi connectivity index (χ0n) is 10.1. The number of carbonyl (C=O) groups is 2. The van der Waals surface area contributed by atoms with Gasteiger partial charge < -0.3 is 10.8 Å². The van der Waals surface area contributed by atoms with Crippen LogP contribution in [0.2, 0.25) is 10.0 Å². The van der Waals surface area contributed by atoms with Crippen LogP contribution in [-0.4, -0.2) is 17.0 Å². The monoisotopic (exact) mass is 309 g/mol. The molecule has 4 nitrogen and oxygen atoms in total. The van der Waals surface area contributed by atoms with E-state index >= 15 is 0 Å². The van der Waals surface area contributed by atoms with Crippen LogP contribution in [0.25, 0.3) is 11.1 Å². The van der Waals surface area contributed by atoms with Gasteiger partial charge in [-0.1, -0.05) is 41.4 Å². The van der Waals surface area contributed by atoms with Gasteiger partial charge in [0.15, 0.2) is 0 Å². The number of carboxylic acid groups (broad SMARTS) is 1. The van der Waals surface area contributed by atoms with Gasteiger partial charge >= 0.3 is 5.97 Å². The molecule has 0 saturated heterocycles. The predicted octanol–water partition coefficient (Wildman–Crippen LogP) is 3.46. The molecule has 0 heterocycles. The normalized spacial score (nSPS) is 10.3. The number of carboxylic acids is 1. The second kappa shape index (κ2) is 5.53. The molecule has 1 amide bonds. The average molecular weight is 310 g/mol. The van der Waals surface area contributed by atoms with E-state index in [0.717, 1.165) is 0 Å². The standard InChI is InChI=1S/C14H9Cl2NO3/c15-9-5-2-6-10(16)12(9)7-3-1-4-8(14(19)20)11(7)13(17)18/h1-6H,(H2,17,18)(H,19,20). The van der Waals surface area contributed by atoms with Crippen LogP contribution in [0, 0.1) is 0 Å². The van der Waals surface area contributed by atoms with Crippen molar-refractivity contribution in [3.8, 4) is 11.1 Å². The molecule has 0 aliphatic carbocycles. The Bertz CT molecular complexity index is 693. The molecule has 0 atom stereocenters. The van der Waals surface area contributed by atoms with Crippen LogP contribution < -0.4 is 5.73 Å². The van der Waals surface area contributed by atoms with E-state index in [1.54, 1.807) is 24.3 Å². The van der Waals surface area contributed by atoms with Gasteiger partial charge in [-0.3, -0.25) is 4.79 Å². The molecular weight excluding hydrogens is 301 g/mol. The number of hydrogen-bond acceptors (Lipinski definition) is 2. The maximum atomic E-state index is 11.6. The van der Waals surface area contributed by atoms with Crippen LogP contribution >= 0.6 is 23.2 Å². The van der Waals surface area contributed by atoms with Crippen LogP contribution in [0.4, 0.5) is 0 Å². The molecule has 20 heavy (non-hydrogen) atoms. The number of carbonyl (C=O) groups excluding carboxylic acids is 1. The number of hydrogen-bond donors (Lipinski definition) is 2. The number of amides is 1. The zero-order valence-corrected chi connectivity index (χ0v) is 11.6. The minimum absolute atomic E-state index is 0.116. The topological polar surface area (TPSA) is 80.4 Å². The lowest BCUT2D eigenvalue weighted by atomic mass is 9.95. The second-order valence-corrected chi connectivity index (χ2v) is 4.81. The fourth-order valence-electron chi connectivity index (χ4n) is 1.96. The Morgan fingerprint density at radius 3 is 2.05 bits per heavy atom. The van der Waals surface area contributed by atoms with Gasteiger partial charge in [-0.05, 0) is 23.8 Å². The van der Waals surface area contributed by atoms with Crippen LogP contribution in [0.1, 0.15) is 20.7 Å². The summed E-state index contributed by atoms with van der Waals surface area (Å²) >= 11 is 12.2. The van der Waals surface area contributed by atoms with E-state index in [1.807, 2.05) is 0 Å². The first-order valence-corrected chi connectivity index (χ1v) is 6.29. The molecule has 0 fully saturated rings. The summed E-state index contributed by atoms with van der Waals surface area (Å²) in [5.41, 5.74) is 5.68. The van der Waals surface area contributed by atoms with Crippen molar-refractivity contribution < 1.29 is 14.7 Å². The predicted molar refractivity (Wildman–Crippen MR) is 77.4 cm³/mol. The molecule has 0 radical (unpaired) electrons. The van der Waals surface area contributed by atoms with Crippen molar-refractivity contribution in [2.45, 2.75) is 0 Å². The Balaban J connectivity index is 2.85. The third kappa shape index (κ3) is 2.48. The minimum Gasteiger partial charge on any atom is -0.478 e. The lowest BCUT2D eigenvalue weighted by Crippen LogP contribution is -2.17. The Kier molecular flexibility index (Phi) is 3.97. The number of rotatable bonds is 3. The highest BCUT2D eigenvalue weighted by molar-refractivity contribution is 6.39. The van der Waals surface area contributed by atoms with Gasteiger partial charge in [-0.2, -0.15) is 0 Å². The number of primary amides is 1. The lowest BCUT2D eigenvalue weighted by Gasteiger charge is -2.12. The Hall–Kier alpha value is -2.04. The van der Waals surface area contributed by atoms with E-state index < -0.39 is 11.9 Å². The van der Waals surface area contributed by atoms with E-state index in [1.165, 1.54) is 12.1 Å². The smallest absolute Gasteiger partial charge is 0.336 e. The molecule has 0 aliphatic rings. The van der Waals surface area contributed by atoms with E-state index in [4.69, 9.17) is 34.0 Å². The SMILES string of the molecule is NC(=O)c1c(C(=O)O)cccc1-c1c(Cl)cccc1Cl. The van der Waals surface area contributed by atoms with E-state index in [0.29, 0.717) is 21.2 Å². The zero-order chi connectivity index (χ0) is 14.9. The minimum atomic E-state index is -1.25. The summed E-state index contributed by atoms with van der Waals surface area (Å²) < 4.78 is 0. The van der Waals surface area contributed by atoms with Crippen molar-refractivity contribution in [1.82, 2.24) is 0 Å². The molecule has 0 unspecified atom stereocenters. The first-order valence-electron chi connectivity index (χ1n) is 5.54. The number of benzene rings is 2. The quantitative estimate of drug-likeness (QED) is 0.911. The molecule has 0 aliphatic heterocycles. The van der Waals surface area contributed by atoms with Crippen LogP contribution in [0.15, 0.2) is 36.4 Å². The summed E-state index contributed by atoms with van der Waals surface area (Å²) in [4.78, 5) is 22.8. The Morgan fingerprint density at radius 1 is 1.00 bits per heavy atom. The van der Waals surface area contributed by atoms with E-state index in [-0.39, 0.29) is 11.1 Å². The van der Waals surface area contributed by atoms with Crippen molar-refractivity contribution in [3.05, 3.63) is 57.6 Å². The molecule has 0 bridgehead atoms. The number of nitrogens with two attached hydrogens (primary N) is 1. The molecule has 2 rings (SSSR count). The van der Waals surface area contributed by atoms with Crippen LogP contribution in [-0.2, 0) is 0 Å². The van der Waals surface area contributed by atoms with Gasteiger partial charge in [0.25, 0.3) is 0 Å². The van der Waals surface area contributed by atoms with Crippen molar-refractivity contribution in [3.63, 3.8) is 0 Å². The molecule has 3 N–H and O–H groups in total. The maximum Gasteiger partial charge on any atom is 0.336 e. The molecule has 102 valence electrons. The van der Waals surface area contributed by atoms with Gasteiger partial charge in [0.05, 0.1) is 11.1 Å². The number of halogens is 2. The summed E-state index contributed by atoms with van der Waals surface area (Å²) in [6.45, 7) is 0. The summed E-state index contributed by atoms with van der Waals surface area (Å²) in [7, 11) is 0. The molecule has 2 aromatic carbocycles. The summed E-state index contributed by atoms with van der Waals surface area (Å²) in [5, 5.41) is 9.77. The first kappa shape index (κ1) is 14.4. The van der Waals surface area contributed by atoms with Gasteiger partial charge in [0.2, 0.25) is 5.91 Å². The molecule has 0 saturated carbocycles. The molecule has 0 aromatic heterocycles. The fourth-order valence-corrected chi connectivity index (χ4v) is 2.56. The van der Waals surface area contributed by atoms with Crippen molar-refractivity contribution in [2.75, 3.05) is 0 Å². The number of aromatic carboxylic acids is 1. The summed E-state index contributed by atoms with van der Waals surface area (Å²) in [6, 6.07) is 9.21. The Morgan fingerprint density at radius 2 is 1.55 bits per heavy atom. The van der Waals surface area contributed by atoms with E-state index in [9.17, 15) is 9.59 Å². The largest absolute Gasteiger partial charge is 0.478 e. The van der Waals surface area contributed by atoms with Crippen LogP contribution in [0.5, 0.6) is 0 Å². The van der Waals surface area contributed by atoms with Gasteiger partial charge in [0.1, 0.15) is 0 Å². The first-order chi connectivity index (χ1) is 9.43. The highest BCUT2D eigenvalue weighted by Gasteiger charge is 2.21. The third-order valence-electron chi connectivity index (χ3n) is 2.77. The molecule has 2 aromatic rings. The van der Waals surface area contributed by atoms with Gasteiger partial charge in [-0.15, -0.1) is 0 Å². The highest BCUT2D eigenvalue weighted by Crippen LogP contribution is 2.37. The summed E-state index contributed by atoms with van der Waals surface area (Å²) in [6.07, 6.45) is 0. The second-order valence-electron chi connectivity index (χ2n) is 3.99. The molecule has 0 spiro atoms. The van der Waals surface area contributed by atoms with Crippen LogP contribution in [0.3, 0.4) is 0 Å². The molecule has 6 heteroatoms. The van der Waals surface area contributed by atoms with Crippen molar-refractivity contribution in [2.24, 2.45) is 5.73 Å². The lowest BCUT2D eigenvalue weighted by molar-refractivity contribution is 0.0692. The van der Waals surface area contributed by atoms with Gasteiger partial charge in [-0.25, -0.2) is 4.79 Å². The third-order valence-corrected chi connectivity index (χ3v) is 3.40. The van der Waals surface area contributed by atoms with Gasteiger partial charge in [0, 0.05) is 15.6 Å².